The molecule has 162 valence electrons. The quantitative estimate of drug-likeness (QED) is 0.609. The molecule has 1 amide bonds. The second kappa shape index (κ2) is 9.90. The molecule has 0 fully saturated rings. The number of carbonyl (C=O) groups excluding carboxylic acids is 2. The molecule has 0 saturated heterocycles. The lowest BCUT2D eigenvalue weighted by atomic mass is 10.1. The Morgan fingerprint density at radius 3 is 2.30 bits per heavy atom. The zero-order valence-electron chi connectivity index (χ0n) is 16.7. The van der Waals surface area contributed by atoms with Crippen molar-refractivity contribution >= 4 is 44.9 Å². The van der Waals surface area contributed by atoms with Crippen LogP contribution >= 0.6 is 11.6 Å². The van der Waals surface area contributed by atoms with E-state index in [9.17, 15) is 22.4 Å². The van der Waals surface area contributed by atoms with Crippen LogP contribution in [-0.2, 0) is 19.6 Å². The minimum absolute atomic E-state index is 0.0939. The predicted molar refractivity (Wildman–Crippen MR) is 114 cm³/mol. The Morgan fingerprint density at radius 1 is 1.17 bits per heavy atom. The number of hydrogen-bond donors (Lipinski definition) is 1. The van der Waals surface area contributed by atoms with Crippen molar-refractivity contribution in [2.45, 2.75) is 26.3 Å². The number of esters is 1. The van der Waals surface area contributed by atoms with Crippen molar-refractivity contribution in [2.24, 2.45) is 0 Å². The Balaban J connectivity index is 2.32. The summed E-state index contributed by atoms with van der Waals surface area (Å²) in [7, 11) is -3.86. The van der Waals surface area contributed by atoms with Gasteiger partial charge in [0.05, 0.1) is 34.8 Å². The molecule has 0 heterocycles. The van der Waals surface area contributed by atoms with E-state index in [4.69, 9.17) is 16.3 Å². The van der Waals surface area contributed by atoms with Gasteiger partial charge < -0.3 is 10.1 Å². The van der Waals surface area contributed by atoms with Gasteiger partial charge in [0.15, 0.2) is 0 Å². The van der Waals surface area contributed by atoms with Gasteiger partial charge in [-0.3, -0.25) is 9.10 Å². The second-order valence-electron chi connectivity index (χ2n) is 6.36. The van der Waals surface area contributed by atoms with Crippen LogP contribution in [0.1, 0.15) is 30.6 Å². The molecule has 0 aliphatic rings. The predicted octanol–water partition coefficient (Wildman–Crippen LogP) is 3.84. The number of ether oxygens (including phenoxy) is 1. The van der Waals surface area contributed by atoms with E-state index in [0.29, 0.717) is 0 Å². The van der Waals surface area contributed by atoms with Crippen molar-refractivity contribution in [3.63, 3.8) is 0 Å². The van der Waals surface area contributed by atoms with E-state index in [1.54, 1.807) is 13.8 Å². The average Bonchev–Trinajstić information content (AvgIpc) is 2.67. The van der Waals surface area contributed by atoms with Crippen molar-refractivity contribution in [1.82, 2.24) is 0 Å². The van der Waals surface area contributed by atoms with Gasteiger partial charge in [0, 0.05) is 0 Å². The number of anilines is 2. The smallest absolute Gasteiger partial charge is 0.338 e. The van der Waals surface area contributed by atoms with E-state index in [1.165, 1.54) is 30.3 Å². The normalized spacial score (nSPS) is 12.2. The lowest BCUT2D eigenvalue weighted by Gasteiger charge is -2.30. The zero-order chi connectivity index (χ0) is 22.5. The summed E-state index contributed by atoms with van der Waals surface area (Å²) < 4.78 is 43.9. The first-order chi connectivity index (χ1) is 14.1. The van der Waals surface area contributed by atoms with Crippen LogP contribution in [0.4, 0.5) is 15.8 Å². The summed E-state index contributed by atoms with van der Waals surface area (Å²) in [5.41, 5.74) is 0.585. The van der Waals surface area contributed by atoms with E-state index in [2.05, 4.69) is 5.32 Å². The maximum Gasteiger partial charge on any atom is 0.338 e. The lowest BCUT2D eigenvalue weighted by molar-refractivity contribution is -0.117. The number of benzene rings is 2. The molecule has 0 bridgehead atoms. The van der Waals surface area contributed by atoms with Crippen molar-refractivity contribution in [3.05, 3.63) is 58.9 Å². The first-order valence-corrected chi connectivity index (χ1v) is 11.3. The summed E-state index contributed by atoms with van der Waals surface area (Å²) in [6.45, 7) is 3.53. The van der Waals surface area contributed by atoms with Crippen LogP contribution in [0, 0.1) is 5.82 Å². The first kappa shape index (κ1) is 23.6. The summed E-state index contributed by atoms with van der Waals surface area (Å²) in [5, 5.41) is 2.68. The van der Waals surface area contributed by atoms with Gasteiger partial charge in [-0.15, -0.1) is 0 Å². The van der Waals surface area contributed by atoms with E-state index >= 15 is 0 Å². The highest BCUT2D eigenvalue weighted by Gasteiger charge is 2.32. The Hall–Kier alpha value is -2.65. The molecule has 10 heteroatoms. The maximum absolute atomic E-state index is 13.3. The zero-order valence-corrected chi connectivity index (χ0v) is 18.3. The number of nitrogens with one attached hydrogen (secondary N) is 1. The standard InChI is InChI=1S/C20H22ClFN2O5S/c1-4-18(24(30(3,27)28)15-9-7-14(22)8-10-15)19(25)23-17-11-6-13(12-16(17)21)20(26)29-5-2/h6-12,18H,4-5H2,1-3H3,(H,23,25)/t18-/m0/s1. The minimum Gasteiger partial charge on any atom is -0.462 e. The molecule has 2 aromatic carbocycles. The fraction of sp³-hybridized carbons (Fsp3) is 0.300. The van der Waals surface area contributed by atoms with E-state index in [1.807, 2.05) is 0 Å². The van der Waals surface area contributed by atoms with Crippen molar-refractivity contribution in [1.29, 1.82) is 0 Å². The highest BCUT2D eigenvalue weighted by atomic mass is 35.5. The summed E-state index contributed by atoms with van der Waals surface area (Å²) in [5.74, 6) is -1.71. The number of sulfonamides is 1. The van der Waals surface area contributed by atoms with Gasteiger partial charge in [0.2, 0.25) is 15.9 Å². The van der Waals surface area contributed by atoms with E-state index < -0.39 is 33.8 Å². The van der Waals surface area contributed by atoms with Crippen LogP contribution in [0.2, 0.25) is 5.02 Å². The highest BCUT2D eigenvalue weighted by Crippen LogP contribution is 2.27. The molecule has 0 unspecified atom stereocenters. The van der Waals surface area contributed by atoms with Crippen LogP contribution in [0.15, 0.2) is 42.5 Å². The number of nitrogens with zero attached hydrogens (tertiary/aromatic N) is 1. The van der Waals surface area contributed by atoms with Gasteiger partial charge in [0.25, 0.3) is 0 Å². The van der Waals surface area contributed by atoms with E-state index in [0.717, 1.165) is 22.7 Å². The SMILES string of the molecule is CCOC(=O)c1ccc(NC(=O)[C@H](CC)N(c2ccc(F)cc2)S(C)(=O)=O)c(Cl)c1. The Labute approximate surface area is 179 Å². The molecule has 2 aromatic rings. The molecule has 0 saturated carbocycles. The number of carbonyl (C=O) groups is 2. The third kappa shape index (κ3) is 5.70. The topological polar surface area (TPSA) is 92.8 Å². The van der Waals surface area contributed by atoms with Crippen LogP contribution in [0.3, 0.4) is 0 Å². The Morgan fingerprint density at radius 2 is 1.80 bits per heavy atom. The molecule has 0 aliphatic heterocycles. The summed E-state index contributed by atoms with van der Waals surface area (Å²) in [4.78, 5) is 24.7. The van der Waals surface area contributed by atoms with Crippen molar-refractivity contribution < 1.29 is 27.1 Å². The van der Waals surface area contributed by atoms with Gasteiger partial charge >= 0.3 is 5.97 Å². The largest absolute Gasteiger partial charge is 0.462 e. The summed E-state index contributed by atoms with van der Waals surface area (Å²) in [6.07, 6.45) is 1.11. The van der Waals surface area contributed by atoms with Crippen LogP contribution in [0.25, 0.3) is 0 Å². The van der Waals surface area contributed by atoms with Crippen LogP contribution < -0.4 is 9.62 Å². The average molecular weight is 457 g/mol. The van der Waals surface area contributed by atoms with Crippen LogP contribution in [0.5, 0.6) is 0 Å². The Bertz CT molecular complexity index is 1030. The Kier molecular flexibility index (Phi) is 7.80. The second-order valence-corrected chi connectivity index (χ2v) is 8.63. The third-order valence-corrected chi connectivity index (χ3v) is 5.64. The van der Waals surface area contributed by atoms with Crippen LogP contribution in [-0.4, -0.2) is 39.2 Å². The van der Waals surface area contributed by atoms with Gasteiger partial charge in [-0.1, -0.05) is 18.5 Å². The first-order valence-electron chi connectivity index (χ1n) is 9.11. The van der Waals surface area contributed by atoms with Crippen molar-refractivity contribution in [2.75, 3.05) is 22.5 Å². The highest BCUT2D eigenvalue weighted by molar-refractivity contribution is 7.92. The van der Waals surface area contributed by atoms with Gasteiger partial charge in [-0.2, -0.15) is 0 Å². The molecule has 0 aromatic heterocycles. The summed E-state index contributed by atoms with van der Waals surface area (Å²) >= 11 is 6.17. The monoisotopic (exact) mass is 456 g/mol. The molecule has 2 rings (SSSR count). The minimum atomic E-state index is -3.86. The lowest BCUT2D eigenvalue weighted by Crippen LogP contribution is -2.47. The number of hydrogen-bond acceptors (Lipinski definition) is 5. The molecule has 7 nitrogen and oxygen atoms in total. The van der Waals surface area contributed by atoms with Gasteiger partial charge in [-0.05, 0) is 55.8 Å². The molecule has 1 N–H and O–H groups in total. The molecular formula is C20H22ClFN2O5S. The maximum atomic E-state index is 13.3. The van der Waals surface area contributed by atoms with Gasteiger partial charge in [0.1, 0.15) is 11.9 Å². The number of rotatable bonds is 8. The molecule has 30 heavy (non-hydrogen) atoms. The third-order valence-electron chi connectivity index (χ3n) is 4.15. The molecule has 0 aliphatic carbocycles. The molecule has 1 atom stereocenters. The molecule has 0 radical (unpaired) electrons. The molecule has 0 spiro atoms. The number of halogens is 2. The fourth-order valence-corrected chi connectivity index (χ4v) is 4.26. The molecular weight excluding hydrogens is 435 g/mol. The van der Waals surface area contributed by atoms with E-state index in [-0.39, 0.29) is 35.0 Å². The summed E-state index contributed by atoms with van der Waals surface area (Å²) in [6, 6.07) is 7.92. The number of amides is 1. The van der Waals surface area contributed by atoms with Crippen molar-refractivity contribution in [3.8, 4) is 0 Å². The fourth-order valence-electron chi connectivity index (χ4n) is 2.82. The van der Waals surface area contributed by atoms with Gasteiger partial charge in [-0.25, -0.2) is 17.6 Å².